The molecule has 0 atom stereocenters. The van der Waals surface area contributed by atoms with Crippen molar-refractivity contribution in [1.82, 2.24) is 29.9 Å². The van der Waals surface area contributed by atoms with Gasteiger partial charge in [-0.15, -0.1) is 16.8 Å². The Labute approximate surface area is 199 Å². The van der Waals surface area contributed by atoms with Crippen LogP contribution >= 0.6 is 11.8 Å². The largest absolute Gasteiger partial charge is 0.481 e. The van der Waals surface area contributed by atoms with Crippen LogP contribution in [0.4, 0.5) is 0 Å². The summed E-state index contributed by atoms with van der Waals surface area (Å²) in [4.78, 5) is 34.7. The lowest BCUT2D eigenvalue weighted by atomic mass is 9.97. The van der Waals surface area contributed by atoms with Crippen molar-refractivity contribution in [2.45, 2.75) is 44.3 Å². The summed E-state index contributed by atoms with van der Waals surface area (Å²) in [7, 11) is 2.09. The van der Waals surface area contributed by atoms with Crippen molar-refractivity contribution in [3.05, 3.63) is 18.5 Å². The summed E-state index contributed by atoms with van der Waals surface area (Å²) in [5, 5.41) is 27.9. The number of amides is 1. The van der Waals surface area contributed by atoms with E-state index < -0.39 is 11.9 Å². The van der Waals surface area contributed by atoms with Gasteiger partial charge in [-0.1, -0.05) is 17.8 Å². The minimum atomic E-state index is -0.833. The molecule has 2 aliphatic heterocycles. The Bertz CT molecular complexity index is 753. The maximum Gasteiger partial charge on any atom is 0.300 e. The fourth-order valence-electron chi connectivity index (χ4n) is 3.36. The minimum absolute atomic E-state index is 0.190. The Morgan fingerprint density at radius 3 is 2.15 bits per heavy atom. The van der Waals surface area contributed by atoms with Crippen molar-refractivity contribution >= 4 is 29.6 Å². The first kappa shape index (κ1) is 28.6. The molecule has 0 spiro atoms. The minimum Gasteiger partial charge on any atom is -0.481 e. The lowest BCUT2D eigenvalue weighted by Crippen LogP contribution is -2.47. The number of hydrogen-bond acceptors (Lipinski definition) is 8. The van der Waals surface area contributed by atoms with E-state index in [1.54, 1.807) is 0 Å². The van der Waals surface area contributed by atoms with Crippen molar-refractivity contribution < 1.29 is 24.6 Å². The van der Waals surface area contributed by atoms with Crippen molar-refractivity contribution in [1.29, 1.82) is 0 Å². The number of carbonyl (C=O) groups is 3. The highest BCUT2D eigenvalue weighted by molar-refractivity contribution is 7.99. The number of piperazine rings is 1. The highest BCUT2D eigenvalue weighted by atomic mass is 32.2. The van der Waals surface area contributed by atoms with E-state index in [0.29, 0.717) is 18.2 Å². The fraction of sp³-hybridized carbons (Fsp3) is 0.667. The van der Waals surface area contributed by atoms with Crippen LogP contribution in [0.2, 0.25) is 0 Å². The van der Waals surface area contributed by atoms with Crippen LogP contribution in [0.1, 0.15) is 38.4 Å². The first-order valence-electron chi connectivity index (χ1n) is 10.9. The van der Waals surface area contributed by atoms with Gasteiger partial charge in [-0.2, -0.15) is 0 Å². The Kier molecular flexibility index (Phi) is 13.3. The van der Waals surface area contributed by atoms with Crippen molar-refractivity contribution in [2.75, 3.05) is 52.1 Å². The smallest absolute Gasteiger partial charge is 0.300 e. The van der Waals surface area contributed by atoms with Crippen LogP contribution in [0.5, 0.6) is 0 Å². The number of aliphatic carboxylic acids is 2. The number of aromatic nitrogens is 3. The van der Waals surface area contributed by atoms with Gasteiger partial charge < -0.3 is 29.9 Å². The number of likely N-dealkylation sites (N-methyl/N-ethyl adjacent to an activating group) is 1. The summed E-state index contributed by atoms with van der Waals surface area (Å²) in [5.74, 6) is 0.424. The van der Waals surface area contributed by atoms with E-state index >= 15 is 0 Å². The van der Waals surface area contributed by atoms with Gasteiger partial charge in [0, 0.05) is 52.5 Å². The van der Waals surface area contributed by atoms with Gasteiger partial charge in [0.1, 0.15) is 5.82 Å². The van der Waals surface area contributed by atoms with Crippen LogP contribution < -0.4 is 5.32 Å². The van der Waals surface area contributed by atoms with Crippen LogP contribution in [0.25, 0.3) is 0 Å². The molecule has 12 heteroatoms. The van der Waals surface area contributed by atoms with E-state index in [1.165, 1.54) is 11.8 Å². The summed E-state index contributed by atoms with van der Waals surface area (Å²) in [6, 6.07) is 0. The van der Waals surface area contributed by atoms with E-state index in [2.05, 4.69) is 38.6 Å². The zero-order valence-corrected chi connectivity index (χ0v) is 20.5. The Morgan fingerprint density at radius 2 is 1.64 bits per heavy atom. The van der Waals surface area contributed by atoms with Crippen molar-refractivity contribution in [3.8, 4) is 0 Å². The number of allylic oxidation sites excluding steroid dienone is 1. The standard InChI is InChI=1S/C17H28N6OS.2C2H4O2/c1-3-8-23-16(14-4-6-18-7-5-14)19-20-17(23)25-13-15(24)22-11-9-21(2)10-12-22;2*1-2(3)4/h3,14,18H,1,4-13H2,2H3;2*1H3,(H,3,4). The summed E-state index contributed by atoms with van der Waals surface area (Å²) >= 11 is 1.50. The van der Waals surface area contributed by atoms with Crippen LogP contribution in [0, 0.1) is 0 Å². The van der Waals surface area contributed by atoms with E-state index in [-0.39, 0.29) is 5.91 Å². The second kappa shape index (κ2) is 15.4. The molecule has 33 heavy (non-hydrogen) atoms. The van der Waals surface area contributed by atoms with Crippen LogP contribution in [0.15, 0.2) is 17.8 Å². The molecule has 0 unspecified atom stereocenters. The molecule has 0 saturated carbocycles. The number of carboxylic acid groups (broad SMARTS) is 2. The number of carbonyl (C=O) groups excluding carboxylic acids is 1. The van der Waals surface area contributed by atoms with Crippen molar-refractivity contribution in [2.24, 2.45) is 0 Å². The normalized spacial score (nSPS) is 16.6. The number of thioether (sulfide) groups is 1. The first-order chi connectivity index (χ1) is 15.6. The molecular weight excluding hydrogens is 448 g/mol. The molecule has 11 nitrogen and oxygen atoms in total. The van der Waals surface area contributed by atoms with Crippen LogP contribution in [-0.4, -0.2) is 105 Å². The Morgan fingerprint density at radius 1 is 1.09 bits per heavy atom. The second-order valence-corrected chi connectivity index (χ2v) is 8.72. The summed E-state index contributed by atoms with van der Waals surface area (Å²) < 4.78 is 2.13. The monoisotopic (exact) mass is 484 g/mol. The zero-order chi connectivity index (χ0) is 24.8. The predicted octanol–water partition coefficient (Wildman–Crippen LogP) is 0.979. The number of nitrogens with one attached hydrogen (secondary N) is 1. The first-order valence-corrected chi connectivity index (χ1v) is 11.9. The molecule has 1 amide bonds. The Hall–Kier alpha value is -2.44. The molecule has 3 rings (SSSR count). The summed E-state index contributed by atoms with van der Waals surface area (Å²) in [5.41, 5.74) is 0. The molecule has 0 aliphatic carbocycles. The van der Waals surface area contributed by atoms with Crippen molar-refractivity contribution in [3.63, 3.8) is 0 Å². The summed E-state index contributed by atoms with van der Waals surface area (Å²) in [6.45, 7) is 12.3. The SMILES string of the molecule is C=CCn1c(SCC(=O)N2CCN(C)CC2)nnc1C1CCNCC1.CC(=O)O.CC(=O)O. The topological polar surface area (TPSA) is 141 Å². The Balaban J connectivity index is 0.000000591. The van der Waals surface area contributed by atoms with Crippen LogP contribution in [0.3, 0.4) is 0 Å². The summed E-state index contributed by atoms with van der Waals surface area (Å²) in [6.07, 6.45) is 4.04. The lowest BCUT2D eigenvalue weighted by Gasteiger charge is -2.32. The van der Waals surface area contributed by atoms with Gasteiger partial charge in [-0.05, 0) is 33.0 Å². The molecule has 0 radical (unpaired) electrons. The highest BCUT2D eigenvalue weighted by Gasteiger charge is 2.24. The molecule has 1 aromatic heterocycles. The van der Waals surface area contributed by atoms with E-state index in [4.69, 9.17) is 19.8 Å². The van der Waals surface area contributed by atoms with E-state index in [9.17, 15) is 4.79 Å². The van der Waals surface area contributed by atoms with Gasteiger partial charge in [-0.25, -0.2) is 0 Å². The third-order valence-corrected chi connectivity index (χ3v) is 5.89. The third kappa shape index (κ3) is 11.3. The van der Waals surface area contributed by atoms with Crippen LogP contribution in [-0.2, 0) is 20.9 Å². The fourth-order valence-corrected chi connectivity index (χ4v) is 4.22. The van der Waals surface area contributed by atoms with Gasteiger partial charge >= 0.3 is 0 Å². The molecule has 2 saturated heterocycles. The molecule has 2 aliphatic rings. The van der Waals surface area contributed by atoms with E-state index in [1.807, 2.05) is 11.0 Å². The van der Waals surface area contributed by atoms with Gasteiger partial charge in [0.05, 0.1) is 5.75 Å². The number of piperidine rings is 1. The second-order valence-electron chi connectivity index (χ2n) is 7.78. The number of nitrogens with zero attached hydrogens (tertiary/aromatic N) is 5. The predicted molar refractivity (Wildman–Crippen MR) is 126 cm³/mol. The average Bonchev–Trinajstić information content (AvgIpc) is 3.15. The molecule has 0 bridgehead atoms. The lowest BCUT2D eigenvalue weighted by molar-refractivity contribution is -0.135. The van der Waals surface area contributed by atoms with E-state index in [0.717, 1.165) is 76.9 Å². The molecular formula is C21H36N6O5S. The molecule has 2 fully saturated rings. The number of carboxylic acids is 2. The highest BCUT2D eigenvalue weighted by Crippen LogP contribution is 2.27. The average molecular weight is 485 g/mol. The maximum absolute atomic E-state index is 12.5. The molecule has 3 heterocycles. The number of hydrogen-bond donors (Lipinski definition) is 3. The number of rotatable bonds is 6. The molecule has 1 aromatic rings. The maximum atomic E-state index is 12.5. The van der Waals surface area contributed by atoms with Gasteiger partial charge in [0.15, 0.2) is 5.16 Å². The molecule has 186 valence electrons. The van der Waals surface area contributed by atoms with Gasteiger partial charge in [-0.3, -0.25) is 14.4 Å². The molecule has 0 aromatic carbocycles. The zero-order valence-electron chi connectivity index (χ0n) is 19.7. The quantitative estimate of drug-likeness (QED) is 0.395. The van der Waals surface area contributed by atoms with Gasteiger partial charge in [0.25, 0.3) is 11.9 Å². The third-order valence-electron chi connectivity index (χ3n) is 4.94. The van der Waals surface area contributed by atoms with Gasteiger partial charge in [0.2, 0.25) is 5.91 Å². The molecule has 3 N–H and O–H groups in total.